The maximum atomic E-state index is 14.1. The van der Waals surface area contributed by atoms with Crippen LogP contribution in [-0.4, -0.2) is 37.7 Å². The second-order valence-electron chi connectivity index (χ2n) is 5.45. The van der Waals surface area contributed by atoms with Crippen molar-refractivity contribution in [1.29, 1.82) is 0 Å². The summed E-state index contributed by atoms with van der Waals surface area (Å²) in [7, 11) is 1.73. The average molecular weight is 301 g/mol. The lowest BCUT2D eigenvalue weighted by molar-refractivity contribution is -0.0187. The summed E-state index contributed by atoms with van der Waals surface area (Å²) in [6.07, 6.45) is 1.21. The van der Waals surface area contributed by atoms with Crippen molar-refractivity contribution in [3.63, 3.8) is 0 Å². The molecular weight excluding hydrogens is 279 g/mol. The minimum absolute atomic E-state index is 0.127. The van der Waals surface area contributed by atoms with Crippen LogP contribution in [0.4, 0.5) is 4.39 Å². The van der Waals surface area contributed by atoms with Gasteiger partial charge in [0, 0.05) is 30.8 Å². The van der Waals surface area contributed by atoms with E-state index in [9.17, 15) is 4.39 Å². The predicted octanol–water partition coefficient (Wildman–Crippen LogP) is 2.84. The Morgan fingerprint density at radius 3 is 2.90 bits per heavy atom. The van der Waals surface area contributed by atoms with Gasteiger partial charge in [-0.05, 0) is 31.0 Å². The number of nitrogens with zero attached hydrogens (tertiary/aromatic N) is 1. The first-order valence-electron chi connectivity index (χ1n) is 6.98. The first-order valence-corrected chi connectivity index (χ1v) is 7.36. The van der Waals surface area contributed by atoms with E-state index in [0.717, 1.165) is 19.5 Å². The summed E-state index contributed by atoms with van der Waals surface area (Å²) < 4.78 is 19.6. The van der Waals surface area contributed by atoms with Crippen LogP contribution in [0.15, 0.2) is 18.2 Å². The highest BCUT2D eigenvalue weighted by atomic mass is 35.5. The van der Waals surface area contributed by atoms with E-state index in [1.165, 1.54) is 6.07 Å². The third-order valence-electron chi connectivity index (χ3n) is 4.21. The number of piperidine rings is 1. The number of ether oxygens (including phenoxy) is 1. The Morgan fingerprint density at radius 2 is 2.30 bits per heavy atom. The molecule has 1 aliphatic rings. The fraction of sp³-hybridized carbons (Fsp3) is 0.600. The molecule has 20 heavy (non-hydrogen) atoms. The number of benzene rings is 1. The minimum atomic E-state index is -0.291. The van der Waals surface area contributed by atoms with Gasteiger partial charge in [-0.1, -0.05) is 24.6 Å². The first kappa shape index (κ1) is 15.7. The summed E-state index contributed by atoms with van der Waals surface area (Å²) in [5.41, 5.74) is 6.49. The smallest absolute Gasteiger partial charge is 0.129 e. The fourth-order valence-corrected chi connectivity index (χ4v) is 3.05. The molecule has 0 aliphatic carbocycles. The van der Waals surface area contributed by atoms with Crippen LogP contribution in [0.5, 0.6) is 0 Å². The van der Waals surface area contributed by atoms with Gasteiger partial charge in [0.25, 0.3) is 0 Å². The largest absolute Gasteiger partial charge is 0.380 e. The van der Waals surface area contributed by atoms with Crippen LogP contribution in [0.2, 0.25) is 5.02 Å². The highest BCUT2D eigenvalue weighted by Gasteiger charge is 2.31. The second kappa shape index (κ2) is 6.85. The zero-order valence-electron chi connectivity index (χ0n) is 12.0. The van der Waals surface area contributed by atoms with Gasteiger partial charge in [0.15, 0.2) is 0 Å². The van der Waals surface area contributed by atoms with Gasteiger partial charge in [-0.3, -0.25) is 4.90 Å². The number of nitrogens with two attached hydrogens (primary N) is 1. The minimum Gasteiger partial charge on any atom is -0.380 e. The van der Waals surface area contributed by atoms with Crippen LogP contribution in [0.25, 0.3) is 0 Å². The van der Waals surface area contributed by atoms with Gasteiger partial charge < -0.3 is 10.5 Å². The van der Waals surface area contributed by atoms with E-state index in [0.29, 0.717) is 23.0 Å². The van der Waals surface area contributed by atoms with Gasteiger partial charge in [0.05, 0.1) is 12.1 Å². The average Bonchev–Trinajstić information content (AvgIpc) is 2.43. The van der Waals surface area contributed by atoms with Gasteiger partial charge in [0.1, 0.15) is 5.82 Å². The Bertz CT molecular complexity index is 457. The van der Waals surface area contributed by atoms with Gasteiger partial charge >= 0.3 is 0 Å². The highest BCUT2D eigenvalue weighted by molar-refractivity contribution is 6.30. The molecule has 2 rings (SSSR count). The summed E-state index contributed by atoms with van der Waals surface area (Å²) in [6.45, 7) is 4.25. The number of rotatable bonds is 4. The van der Waals surface area contributed by atoms with E-state index in [1.807, 2.05) is 0 Å². The molecule has 0 spiro atoms. The van der Waals surface area contributed by atoms with Crippen molar-refractivity contribution in [2.24, 2.45) is 11.7 Å². The lowest BCUT2D eigenvalue weighted by Crippen LogP contribution is -2.47. The number of methoxy groups -OCH3 is 1. The van der Waals surface area contributed by atoms with E-state index in [4.69, 9.17) is 22.1 Å². The van der Waals surface area contributed by atoms with Crippen LogP contribution in [-0.2, 0) is 4.74 Å². The van der Waals surface area contributed by atoms with Crippen molar-refractivity contribution >= 4 is 11.6 Å². The number of hydrogen-bond donors (Lipinski definition) is 1. The quantitative estimate of drug-likeness (QED) is 0.929. The van der Waals surface area contributed by atoms with Crippen LogP contribution in [0.1, 0.15) is 24.9 Å². The molecule has 1 saturated heterocycles. The van der Waals surface area contributed by atoms with E-state index in [2.05, 4.69) is 11.8 Å². The summed E-state index contributed by atoms with van der Waals surface area (Å²) in [5, 5.41) is 0.407. The number of hydrogen-bond acceptors (Lipinski definition) is 3. The number of halogens is 2. The monoisotopic (exact) mass is 300 g/mol. The molecule has 0 bridgehead atoms. The summed E-state index contributed by atoms with van der Waals surface area (Å²) in [5.74, 6) is 0.227. The van der Waals surface area contributed by atoms with Crippen molar-refractivity contribution in [3.05, 3.63) is 34.6 Å². The Hall–Kier alpha value is -0.680. The van der Waals surface area contributed by atoms with Crippen molar-refractivity contribution in [2.45, 2.75) is 25.5 Å². The molecule has 1 fully saturated rings. The molecule has 112 valence electrons. The van der Waals surface area contributed by atoms with Crippen LogP contribution < -0.4 is 5.73 Å². The lowest BCUT2D eigenvalue weighted by Gasteiger charge is -2.40. The molecule has 1 heterocycles. The van der Waals surface area contributed by atoms with E-state index < -0.39 is 0 Å². The Labute approximate surface area is 124 Å². The zero-order chi connectivity index (χ0) is 14.7. The standard InChI is InChI=1S/C15H22ClFN2O/c1-10-5-6-19(9-15(10)20-2)14(8-18)12-4-3-11(16)7-13(12)17/h3-4,7,10,14-15H,5-6,8-9,18H2,1-2H3. The maximum Gasteiger partial charge on any atom is 0.129 e. The summed E-state index contributed by atoms with van der Waals surface area (Å²) in [4.78, 5) is 2.21. The molecule has 0 saturated carbocycles. The molecular formula is C15H22ClFN2O. The molecule has 0 aromatic heterocycles. The molecule has 2 N–H and O–H groups in total. The molecule has 5 heteroatoms. The van der Waals surface area contributed by atoms with Crippen molar-refractivity contribution in [2.75, 3.05) is 26.7 Å². The van der Waals surface area contributed by atoms with Gasteiger partial charge in [-0.2, -0.15) is 0 Å². The van der Waals surface area contributed by atoms with Gasteiger partial charge in [-0.15, -0.1) is 0 Å². The molecule has 1 aromatic rings. The third-order valence-corrected chi connectivity index (χ3v) is 4.44. The number of likely N-dealkylation sites (tertiary alicyclic amines) is 1. The van der Waals surface area contributed by atoms with Crippen molar-refractivity contribution < 1.29 is 9.13 Å². The molecule has 1 aromatic carbocycles. The third kappa shape index (κ3) is 3.31. The molecule has 3 unspecified atom stereocenters. The van der Waals surface area contributed by atoms with Gasteiger partial charge in [-0.25, -0.2) is 4.39 Å². The topological polar surface area (TPSA) is 38.5 Å². The van der Waals surface area contributed by atoms with E-state index in [1.54, 1.807) is 19.2 Å². The summed E-state index contributed by atoms with van der Waals surface area (Å²) >= 11 is 5.81. The first-order chi connectivity index (χ1) is 9.56. The van der Waals surface area contributed by atoms with E-state index >= 15 is 0 Å². The molecule has 3 nitrogen and oxygen atoms in total. The Balaban J connectivity index is 2.19. The SMILES string of the molecule is COC1CN(C(CN)c2ccc(Cl)cc2F)CCC1C. The highest BCUT2D eigenvalue weighted by Crippen LogP contribution is 2.29. The van der Waals surface area contributed by atoms with Crippen molar-refractivity contribution in [1.82, 2.24) is 4.90 Å². The second-order valence-corrected chi connectivity index (χ2v) is 5.89. The predicted molar refractivity (Wildman–Crippen MR) is 79.4 cm³/mol. The Kier molecular flexibility index (Phi) is 5.38. The van der Waals surface area contributed by atoms with Crippen molar-refractivity contribution in [3.8, 4) is 0 Å². The lowest BCUT2D eigenvalue weighted by atomic mass is 9.93. The maximum absolute atomic E-state index is 14.1. The molecule has 0 amide bonds. The fourth-order valence-electron chi connectivity index (χ4n) is 2.89. The van der Waals surface area contributed by atoms with Gasteiger partial charge in [0.2, 0.25) is 0 Å². The van der Waals surface area contributed by atoms with Crippen LogP contribution in [0.3, 0.4) is 0 Å². The van der Waals surface area contributed by atoms with Crippen LogP contribution in [0, 0.1) is 11.7 Å². The van der Waals surface area contributed by atoms with Crippen LogP contribution >= 0.6 is 11.6 Å². The summed E-state index contributed by atoms with van der Waals surface area (Å²) in [6, 6.07) is 4.66. The molecule has 1 aliphatic heterocycles. The molecule has 3 atom stereocenters. The molecule has 0 radical (unpaired) electrons. The van der Waals surface area contributed by atoms with E-state index in [-0.39, 0.29) is 18.0 Å². The zero-order valence-corrected chi connectivity index (χ0v) is 12.7. The Morgan fingerprint density at radius 1 is 1.55 bits per heavy atom. The normalized spacial score (nSPS) is 25.6.